The molecule has 0 N–H and O–H groups in total. The van der Waals surface area contributed by atoms with Crippen LogP contribution in [-0.4, -0.2) is 12.6 Å². The molecular formula is C36H70O2. The fourth-order valence-corrected chi connectivity index (χ4v) is 6.11. The molecule has 226 valence electrons. The van der Waals surface area contributed by atoms with Crippen molar-refractivity contribution < 1.29 is 9.53 Å². The van der Waals surface area contributed by atoms with E-state index < -0.39 is 0 Å². The Morgan fingerprint density at radius 2 is 0.447 bits per heavy atom. The highest BCUT2D eigenvalue weighted by molar-refractivity contribution is 5.69. The van der Waals surface area contributed by atoms with Gasteiger partial charge in [-0.15, -0.1) is 0 Å². The van der Waals surface area contributed by atoms with Crippen LogP contribution in [0.25, 0.3) is 0 Å². The fourth-order valence-electron chi connectivity index (χ4n) is 6.11. The molecule has 0 atom stereocenters. The number of rotatable bonds is 0. The number of carbonyl (C=O) groups excluding carboxylic acids is 1. The molecule has 0 spiro atoms. The Morgan fingerprint density at radius 3 is 0.684 bits per heavy atom. The Bertz CT molecular complexity index is 420. The molecule has 0 bridgehead atoms. The third-order valence-corrected chi connectivity index (χ3v) is 8.79. The summed E-state index contributed by atoms with van der Waals surface area (Å²) in [4.78, 5) is 11.9. The summed E-state index contributed by atoms with van der Waals surface area (Å²) in [5.41, 5.74) is 0. The van der Waals surface area contributed by atoms with Crippen molar-refractivity contribution in [2.75, 3.05) is 6.61 Å². The van der Waals surface area contributed by atoms with Crippen LogP contribution >= 0.6 is 0 Å². The van der Waals surface area contributed by atoms with Crippen LogP contribution in [0.5, 0.6) is 0 Å². The molecule has 1 fully saturated rings. The molecule has 1 aliphatic heterocycles. The Morgan fingerprint density at radius 1 is 0.263 bits per heavy atom. The third kappa shape index (κ3) is 28.5. The lowest BCUT2D eigenvalue weighted by atomic mass is 10.0. The van der Waals surface area contributed by atoms with E-state index in [4.69, 9.17) is 4.74 Å². The van der Waals surface area contributed by atoms with Crippen molar-refractivity contribution in [3.8, 4) is 0 Å². The van der Waals surface area contributed by atoms with Gasteiger partial charge in [-0.1, -0.05) is 199 Å². The monoisotopic (exact) mass is 535 g/mol. The van der Waals surface area contributed by atoms with Gasteiger partial charge in [-0.05, 0) is 12.8 Å². The molecule has 1 saturated heterocycles. The highest BCUT2D eigenvalue weighted by Crippen LogP contribution is 2.17. The Labute approximate surface area is 240 Å². The first-order valence-electron chi connectivity index (χ1n) is 18.1. The summed E-state index contributed by atoms with van der Waals surface area (Å²) in [6, 6.07) is 0. The van der Waals surface area contributed by atoms with Gasteiger partial charge in [0.15, 0.2) is 0 Å². The van der Waals surface area contributed by atoms with E-state index in [2.05, 4.69) is 0 Å². The van der Waals surface area contributed by atoms with Crippen LogP contribution in [0, 0.1) is 0 Å². The van der Waals surface area contributed by atoms with E-state index in [1.54, 1.807) is 0 Å². The summed E-state index contributed by atoms with van der Waals surface area (Å²) < 4.78 is 5.44. The van der Waals surface area contributed by atoms with Gasteiger partial charge in [-0.2, -0.15) is 0 Å². The Balaban J connectivity index is 2.05. The van der Waals surface area contributed by atoms with Crippen molar-refractivity contribution >= 4 is 5.97 Å². The van der Waals surface area contributed by atoms with Gasteiger partial charge < -0.3 is 4.74 Å². The molecule has 0 unspecified atom stereocenters. The van der Waals surface area contributed by atoms with Crippen LogP contribution in [-0.2, 0) is 9.53 Å². The summed E-state index contributed by atoms with van der Waals surface area (Å²) in [7, 11) is 0. The van der Waals surface area contributed by atoms with E-state index in [-0.39, 0.29) is 5.97 Å². The minimum atomic E-state index is 0.0312. The summed E-state index contributed by atoms with van der Waals surface area (Å²) >= 11 is 0. The molecule has 1 rings (SSSR count). The molecule has 0 aromatic carbocycles. The first-order chi connectivity index (χ1) is 18.9. The quantitative estimate of drug-likeness (QED) is 0.289. The average Bonchev–Trinajstić information content (AvgIpc) is 2.92. The van der Waals surface area contributed by atoms with Gasteiger partial charge in [0.05, 0.1) is 6.61 Å². The standard InChI is InChI=1S/C36H70O2/c37-36-34-32-30-28-26-24-22-20-18-16-14-12-10-8-6-4-2-1-3-5-7-9-11-13-15-17-19-21-23-25-27-29-31-33-35-38-36/h1-35H2. The molecular weight excluding hydrogens is 464 g/mol. The minimum Gasteiger partial charge on any atom is -0.466 e. The topological polar surface area (TPSA) is 26.3 Å². The molecule has 1 aliphatic rings. The van der Waals surface area contributed by atoms with E-state index >= 15 is 0 Å². The van der Waals surface area contributed by atoms with E-state index in [9.17, 15) is 4.79 Å². The van der Waals surface area contributed by atoms with Crippen LogP contribution in [0.1, 0.15) is 218 Å². The van der Waals surface area contributed by atoms with Crippen LogP contribution < -0.4 is 0 Å². The summed E-state index contributed by atoms with van der Waals surface area (Å²) in [6.45, 7) is 0.638. The van der Waals surface area contributed by atoms with Gasteiger partial charge in [0.1, 0.15) is 0 Å². The molecule has 0 aromatic rings. The van der Waals surface area contributed by atoms with E-state index in [0.717, 1.165) is 12.8 Å². The maximum absolute atomic E-state index is 11.9. The van der Waals surface area contributed by atoms with Gasteiger partial charge in [0, 0.05) is 6.42 Å². The molecule has 38 heavy (non-hydrogen) atoms. The summed E-state index contributed by atoms with van der Waals surface area (Å²) in [6.07, 6.45) is 46.6. The molecule has 0 amide bonds. The van der Waals surface area contributed by atoms with Crippen LogP contribution in [0.4, 0.5) is 0 Å². The largest absolute Gasteiger partial charge is 0.466 e. The Hall–Kier alpha value is -0.530. The van der Waals surface area contributed by atoms with Crippen LogP contribution in [0.3, 0.4) is 0 Å². The zero-order valence-corrected chi connectivity index (χ0v) is 26.1. The number of ether oxygens (including phenoxy) is 1. The lowest BCUT2D eigenvalue weighted by Crippen LogP contribution is -2.05. The van der Waals surface area contributed by atoms with Crippen molar-refractivity contribution in [1.82, 2.24) is 0 Å². The second kappa shape index (κ2) is 31.0. The number of cyclic esters (lactones) is 1. The molecule has 2 heteroatoms. The van der Waals surface area contributed by atoms with Crippen molar-refractivity contribution in [2.24, 2.45) is 0 Å². The van der Waals surface area contributed by atoms with E-state index in [0.29, 0.717) is 13.0 Å². The van der Waals surface area contributed by atoms with Crippen molar-refractivity contribution in [3.63, 3.8) is 0 Å². The van der Waals surface area contributed by atoms with Gasteiger partial charge in [-0.3, -0.25) is 4.79 Å². The normalized spacial score (nSPS) is 23.5. The van der Waals surface area contributed by atoms with Crippen molar-refractivity contribution in [2.45, 2.75) is 218 Å². The second-order valence-corrected chi connectivity index (χ2v) is 12.6. The molecule has 0 saturated carbocycles. The van der Waals surface area contributed by atoms with Gasteiger partial charge in [0.25, 0.3) is 0 Å². The lowest BCUT2D eigenvalue weighted by Gasteiger charge is -2.06. The maximum Gasteiger partial charge on any atom is 0.305 e. The van der Waals surface area contributed by atoms with Crippen molar-refractivity contribution in [3.05, 3.63) is 0 Å². The van der Waals surface area contributed by atoms with Crippen LogP contribution in [0.15, 0.2) is 0 Å². The number of esters is 1. The predicted octanol–water partition coefficient (Wildman–Crippen LogP) is 12.8. The zero-order valence-electron chi connectivity index (χ0n) is 26.1. The van der Waals surface area contributed by atoms with Crippen molar-refractivity contribution in [1.29, 1.82) is 0 Å². The first-order valence-corrected chi connectivity index (χ1v) is 18.1. The first kappa shape index (κ1) is 35.5. The summed E-state index contributed by atoms with van der Waals surface area (Å²) in [5.74, 6) is 0.0312. The van der Waals surface area contributed by atoms with Gasteiger partial charge >= 0.3 is 5.97 Å². The van der Waals surface area contributed by atoms with E-state index in [1.165, 1.54) is 199 Å². The highest BCUT2D eigenvalue weighted by atomic mass is 16.5. The maximum atomic E-state index is 11.9. The summed E-state index contributed by atoms with van der Waals surface area (Å²) in [5, 5.41) is 0. The van der Waals surface area contributed by atoms with E-state index in [1.807, 2.05) is 0 Å². The SMILES string of the molecule is O=C1CCCCCCCCCCCCCCCCCCCCCCCCCCCCCCCCCCCO1. The lowest BCUT2D eigenvalue weighted by molar-refractivity contribution is -0.143. The second-order valence-electron chi connectivity index (χ2n) is 12.6. The highest BCUT2D eigenvalue weighted by Gasteiger charge is 2.03. The Kier molecular flexibility index (Phi) is 29.0. The van der Waals surface area contributed by atoms with Gasteiger partial charge in [-0.25, -0.2) is 0 Å². The molecule has 1 heterocycles. The predicted molar refractivity (Wildman–Crippen MR) is 168 cm³/mol. The molecule has 2 nitrogen and oxygen atoms in total. The number of hydrogen-bond acceptors (Lipinski definition) is 2. The average molecular weight is 535 g/mol. The smallest absolute Gasteiger partial charge is 0.305 e. The van der Waals surface area contributed by atoms with Crippen LogP contribution in [0.2, 0.25) is 0 Å². The number of hydrogen-bond donors (Lipinski definition) is 0. The van der Waals surface area contributed by atoms with Gasteiger partial charge in [0.2, 0.25) is 0 Å². The molecule has 0 radical (unpaired) electrons. The molecule has 0 aromatic heterocycles. The fraction of sp³-hybridized carbons (Fsp3) is 0.972. The minimum absolute atomic E-state index is 0.0312. The molecule has 0 aliphatic carbocycles. The third-order valence-electron chi connectivity index (χ3n) is 8.79. The zero-order chi connectivity index (χ0) is 27.0. The number of carbonyl (C=O) groups is 1.